The minimum absolute atomic E-state index is 0.0859. The molecule has 1 heterocycles. The SMILES string of the molecule is CCOC(=O)c1c(C)nn(-c2ccc(NC(=O)CCC(=O)O)cc2)c1C. The Labute approximate surface area is 150 Å². The fraction of sp³-hybridized carbons (Fsp3) is 0.333. The van der Waals surface area contributed by atoms with Gasteiger partial charge < -0.3 is 15.2 Å². The van der Waals surface area contributed by atoms with Gasteiger partial charge >= 0.3 is 11.9 Å². The molecule has 0 unspecified atom stereocenters. The number of carboxylic acid groups (broad SMARTS) is 1. The second-order valence-corrected chi connectivity index (χ2v) is 5.67. The highest BCUT2D eigenvalue weighted by Gasteiger charge is 2.20. The number of benzene rings is 1. The number of anilines is 1. The summed E-state index contributed by atoms with van der Waals surface area (Å²) in [5.41, 5.74) is 2.96. The minimum Gasteiger partial charge on any atom is -0.481 e. The molecular weight excluding hydrogens is 338 g/mol. The van der Waals surface area contributed by atoms with Crippen molar-refractivity contribution in [3.8, 4) is 5.69 Å². The number of esters is 1. The number of aromatic nitrogens is 2. The highest BCUT2D eigenvalue weighted by molar-refractivity contribution is 5.93. The van der Waals surface area contributed by atoms with Gasteiger partial charge in [-0.25, -0.2) is 9.48 Å². The predicted octanol–water partition coefficient (Wildman–Crippen LogP) is 2.47. The fourth-order valence-electron chi connectivity index (χ4n) is 2.52. The van der Waals surface area contributed by atoms with E-state index in [2.05, 4.69) is 10.4 Å². The lowest BCUT2D eigenvalue weighted by atomic mass is 10.2. The van der Waals surface area contributed by atoms with Crippen LogP contribution in [-0.2, 0) is 14.3 Å². The molecule has 0 aliphatic rings. The molecule has 0 saturated carbocycles. The van der Waals surface area contributed by atoms with Crippen LogP contribution in [0.2, 0.25) is 0 Å². The number of carbonyl (C=O) groups excluding carboxylic acids is 2. The molecule has 0 aliphatic carbocycles. The van der Waals surface area contributed by atoms with Crippen LogP contribution >= 0.6 is 0 Å². The lowest BCUT2D eigenvalue weighted by Gasteiger charge is -2.08. The summed E-state index contributed by atoms with van der Waals surface area (Å²) in [4.78, 5) is 34.2. The number of aliphatic carboxylic acids is 1. The number of rotatable bonds is 7. The van der Waals surface area contributed by atoms with Gasteiger partial charge in [0.2, 0.25) is 5.91 Å². The lowest BCUT2D eigenvalue weighted by molar-refractivity contribution is -0.138. The highest BCUT2D eigenvalue weighted by Crippen LogP contribution is 2.20. The summed E-state index contributed by atoms with van der Waals surface area (Å²) in [6.07, 6.45) is -0.302. The molecule has 2 aromatic rings. The van der Waals surface area contributed by atoms with E-state index in [0.29, 0.717) is 29.2 Å². The maximum absolute atomic E-state index is 12.1. The van der Waals surface area contributed by atoms with Crippen LogP contribution < -0.4 is 5.32 Å². The van der Waals surface area contributed by atoms with E-state index in [1.54, 1.807) is 49.7 Å². The number of ether oxygens (including phenoxy) is 1. The van der Waals surface area contributed by atoms with Gasteiger partial charge in [0.15, 0.2) is 0 Å². The van der Waals surface area contributed by atoms with Crippen LogP contribution in [0, 0.1) is 13.8 Å². The zero-order chi connectivity index (χ0) is 19.3. The molecule has 0 spiro atoms. The molecule has 0 saturated heterocycles. The van der Waals surface area contributed by atoms with E-state index in [0.717, 1.165) is 5.69 Å². The molecule has 0 aliphatic heterocycles. The Morgan fingerprint density at radius 1 is 1.15 bits per heavy atom. The number of carbonyl (C=O) groups is 3. The topological polar surface area (TPSA) is 111 Å². The van der Waals surface area contributed by atoms with Gasteiger partial charge in [-0.1, -0.05) is 0 Å². The summed E-state index contributed by atoms with van der Waals surface area (Å²) in [7, 11) is 0. The van der Waals surface area contributed by atoms with Crippen molar-refractivity contribution >= 4 is 23.5 Å². The van der Waals surface area contributed by atoms with E-state index in [-0.39, 0.29) is 18.7 Å². The van der Waals surface area contributed by atoms with Crippen molar-refractivity contribution in [2.45, 2.75) is 33.6 Å². The Kier molecular flexibility index (Phi) is 6.11. The van der Waals surface area contributed by atoms with Gasteiger partial charge in [-0.15, -0.1) is 0 Å². The Hall–Kier alpha value is -3.16. The number of hydrogen-bond donors (Lipinski definition) is 2. The molecule has 0 radical (unpaired) electrons. The summed E-state index contributed by atoms with van der Waals surface area (Å²) in [5, 5.41) is 15.6. The molecule has 1 amide bonds. The second-order valence-electron chi connectivity index (χ2n) is 5.67. The van der Waals surface area contributed by atoms with E-state index in [9.17, 15) is 14.4 Å². The van der Waals surface area contributed by atoms with Crippen LogP contribution in [0.25, 0.3) is 5.69 Å². The first-order valence-corrected chi connectivity index (χ1v) is 8.19. The summed E-state index contributed by atoms with van der Waals surface area (Å²) >= 11 is 0. The van der Waals surface area contributed by atoms with Gasteiger partial charge in [0, 0.05) is 12.1 Å². The molecule has 1 aromatic carbocycles. The molecule has 2 N–H and O–H groups in total. The number of nitrogens with zero attached hydrogens (tertiary/aromatic N) is 2. The average molecular weight is 359 g/mol. The second kappa shape index (κ2) is 8.28. The first-order chi connectivity index (χ1) is 12.3. The molecule has 0 fully saturated rings. The number of amides is 1. The van der Waals surface area contributed by atoms with Crippen molar-refractivity contribution in [2.75, 3.05) is 11.9 Å². The van der Waals surface area contributed by atoms with Gasteiger partial charge in [0.1, 0.15) is 5.56 Å². The molecule has 0 bridgehead atoms. The largest absolute Gasteiger partial charge is 0.481 e. The molecule has 26 heavy (non-hydrogen) atoms. The van der Waals surface area contributed by atoms with Crippen molar-refractivity contribution in [3.05, 3.63) is 41.2 Å². The lowest BCUT2D eigenvalue weighted by Crippen LogP contribution is -2.13. The highest BCUT2D eigenvalue weighted by atomic mass is 16.5. The zero-order valence-electron chi connectivity index (χ0n) is 14.9. The minimum atomic E-state index is -1.02. The number of aryl methyl sites for hydroxylation is 1. The Morgan fingerprint density at radius 3 is 2.38 bits per heavy atom. The van der Waals surface area contributed by atoms with E-state index < -0.39 is 11.9 Å². The fourth-order valence-corrected chi connectivity index (χ4v) is 2.52. The van der Waals surface area contributed by atoms with Crippen LogP contribution in [0.15, 0.2) is 24.3 Å². The Balaban J connectivity index is 2.16. The monoisotopic (exact) mass is 359 g/mol. The maximum Gasteiger partial charge on any atom is 0.341 e. The average Bonchev–Trinajstić information content (AvgIpc) is 2.88. The summed E-state index contributed by atoms with van der Waals surface area (Å²) < 4.78 is 6.70. The summed E-state index contributed by atoms with van der Waals surface area (Å²) in [6, 6.07) is 6.88. The van der Waals surface area contributed by atoms with Crippen LogP contribution in [0.4, 0.5) is 5.69 Å². The molecule has 2 rings (SSSR count). The summed E-state index contributed by atoms with van der Waals surface area (Å²) in [5.74, 6) is -1.79. The predicted molar refractivity (Wildman–Crippen MR) is 94.5 cm³/mol. The first-order valence-electron chi connectivity index (χ1n) is 8.19. The maximum atomic E-state index is 12.1. The third kappa shape index (κ3) is 4.47. The van der Waals surface area contributed by atoms with E-state index in [4.69, 9.17) is 9.84 Å². The molecule has 0 atom stereocenters. The number of nitrogens with one attached hydrogen (secondary N) is 1. The van der Waals surface area contributed by atoms with Crippen molar-refractivity contribution in [1.82, 2.24) is 9.78 Å². The van der Waals surface area contributed by atoms with Crippen LogP contribution in [0.1, 0.15) is 41.5 Å². The van der Waals surface area contributed by atoms with Crippen molar-refractivity contribution in [1.29, 1.82) is 0 Å². The third-order valence-electron chi connectivity index (χ3n) is 3.73. The van der Waals surface area contributed by atoms with Crippen LogP contribution in [-0.4, -0.2) is 39.3 Å². The molecule has 138 valence electrons. The van der Waals surface area contributed by atoms with Crippen molar-refractivity contribution < 1.29 is 24.2 Å². The Bertz CT molecular complexity index is 824. The molecular formula is C18H21N3O5. The van der Waals surface area contributed by atoms with Crippen molar-refractivity contribution in [3.63, 3.8) is 0 Å². The summed E-state index contributed by atoms with van der Waals surface area (Å²) in [6.45, 7) is 5.57. The zero-order valence-corrected chi connectivity index (χ0v) is 14.9. The van der Waals surface area contributed by atoms with Crippen LogP contribution in [0.5, 0.6) is 0 Å². The molecule has 8 heteroatoms. The van der Waals surface area contributed by atoms with Gasteiger partial charge in [0.05, 0.1) is 30.1 Å². The number of carboxylic acids is 1. The Morgan fingerprint density at radius 2 is 1.81 bits per heavy atom. The van der Waals surface area contributed by atoms with Gasteiger partial charge in [0.25, 0.3) is 0 Å². The normalized spacial score (nSPS) is 10.4. The van der Waals surface area contributed by atoms with Crippen LogP contribution in [0.3, 0.4) is 0 Å². The van der Waals surface area contributed by atoms with E-state index in [1.807, 2.05) is 0 Å². The van der Waals surface area contributed by atoms with Crippen molar-refractivity contribution in [2.24, 2.45) is 0 Å². The molecule has 1 aromatic heterocycles. The first kappa shape index (κ1) is 19.2. The van der Waals surface area contributed by atoms with Gasteiger partial charge in [-0.2, -0.15) is 5.10 Å². The van der Waals surface area contributed by atoms with E-state index in [1.165, 1.54) is 0 Å². The van der Waals surface area contributed by atoms with Gasteiger partial charge in [-0.05, 0) is 45.0 Å². The van der Waals surface area contributed by atoms with Gasteiger partial charge in [-0.3, -0.25) is 9.59 Å². The number of hydrogen-bond acceptors (Lipinski definition) is 5. The van der Waals surface area contributed by atoms with E-state index >= 15 is 0 Å². The standard InChI is InChI=1S/C18H21N3O5/c1-4-26-18(25)17-11(2)20-21(12(17)3)14-7-5-13(6-8-14)19-15(22)9-10-16(23)24/h5-8H,4,9-10H2,1-3H3,(H,19,22)(H,23,24). The third-order valence-corrected chi connectivity index (χ3v) is 3.73. The smallest absolute Gasteiger partial charge is 0.341 e. The molecule has 8 nitrogen and oxygen atoms in total. The quantitative estimate of drug-likeness (QED) is 0.735.